The van der Waals surface area contributed by atoms with Gasteiger partial charge in [0.25, 0.3) is 0 Å². The number of hydrogen-bond donors (Lipinski definition) is 1. The number of piperidine rings is 1. The molecule has 1 N–H and O–H groups in total. The van der Waals surface area contributed by atoms with Crippen LogP contribution >= 0.6 is 0 Å². The smallest absolute Gasteiger partial charge is 0.326 e. The molecule has 1 amide bonds. The maximum atomic E-state index is 12.7. The van der Waals surface area contributed by atoms with E-state index in [-0.39, 0.29) is 11.9 Å². The van der Waals surface area contributed by atoms with Crippen molar-refractivity contribution in [1.82, 2.24) is 9.80 Å². The number of aliphatic carboxylic acids is 1. The highest BCUT2D eigenvalue weighted by Gasteiger charge is 2.40. The van der Waals surface area contributed by atoms with E-state index in [9.17, 15) is 14.7 Å². The predicted octanol–water partition coefficient (Wildman–Crippen LogP) is 1.71. The highest BCUT2D eigenvalue weighted by atomic mass is 16.4. The molecule has 5 heteroatoms. The van der Waals surface area contributed by atoms with Crippen molar-refractivity contribution in [1.29, 1.82) is 0 Å². The van der Waals surface area contributed by atoms with Crippen LogP contribution in [0.5, 0.6) is 0 Å². The second kappa shape index (κ2) is 6.12. The predicted molar refractivity (Wildman–Crippen MR) is 76.4 cm³/mol. The first-order valence-corrected chi connectivity index (χ1v) is 7.74. The number of nitrogens with zero attached hydrogens (tertiary/aromatic N) is 2. The quantitative estimate of drug-likeness (QED) is 0.856. The summed E-state index contributed by atoms with van der Waals surface area (Å²) in [4.78, 5) is 27.7. The summed E-state index contributed by atoms with van der Waals surface area (Å²) in [6.07, 6.45) is 4.81. The molecule has 4 unspecified atom stereocenters. The molecular formula is C15H26N2O3. The zero-order valence-electron chi connectivity index (χ0n) is 12.7. The van der Waals surface area contributed by atoms with Gasteiger partial charge in [-0.05, 0) is 46.5 Å². The Bertz CT molecular complexity index is 375. The number of hydrogen-bond acceptors (Lipinski definition) is 3. The van der Waals surface area contributed by atoms with Crippen LogP contribution in [0.25, 0.3) is 0 Å². The first-order valence-electron chi connectivity index (χ1n) is 7.74. The average molecular weight is 282 g/mol. The summed E-state index contributed by atoms with van der Waals surface area (Å²) < 4.78 is 0. The Balaban J connectivity index is 2.09. The Morgan fingerprint density at radius 1 is 1.10 bits per heavy atom. The van der Waals surface area contributed by atoms with Crippen LogP contribution in [-0.2, 0) is 9.59 Å². The number of rotatable bonds is 3. The molecule has 20 heavy (non-hydrogen) atoms. The van der Waals surface area contributed by atoms with Crippen molar-refractivity contribution in [2.75, 3.05) is 6.54 Å². The molecule has 0 spiro atoms. The highest BCUT2D eigenvalue weighted by molar-refractivity contribution is 5.87. The van der Waals surface area contributed by atoms with Gasteiger partial charge in [0.05, 0.1) is 6.04 Å². The molecule has 2 aliphatic rings. The summed E-state index contributed by atoms with van der Waals surface area (Å²) in [5.74, 6) is -0.890. The standard InChI is InChI=1S/C15H26N2O3/c1-10-6-4-7-11(2)17(10)12(3)14(18)16-9-5-8-13(16)15(19)20/h10-13H,4-9H2,1-3H3,(H,19,20). The van der Waals surface area contributed by atoms with Crippen molar-refractivity contribution in [3.8, 4) is 0 Å². The largest absolute Gasteiger partial charge is 0.480 e. The van der Waals surface area contributed by atoms with Crippen LogP contribution in [0.3, 0.4) is 0 Å². The summed E-state index contributed by atoms with van der Waals surface area (Å²) in [6.45, 7) is 6.84. The Kier molecular flexibility index (Phi) is 4.68. The summed E-state index contributed by atoms with van der Waals surface area (Å²) >= 11 is 0. The fourth-order valence-electron chi connectivity index (χ4n) is 3.86. The minimum absolute atomic E-state index is 0.0181. The molecule has 2 heterocycles. The van der Waals surface area contributed by atoms with E-state index >= 15 is 0 Å². The molecular weight excluding hydrogens is 256 g/mol. The first-order chi connectivity index (χ1) is 9.43. The van der Waals surface area contributed by atoms with Crippen LogP contribution in [0.4, 0.5) is 0 Å². The Morgan fingerprint density at radius 2 is 1.70 bits per heavy atom. The molecule has 5 nitrogen and oxygen atoms in total. The zero-order valence-corrected chi connectivity index (χ0v) is 12.7. The minimum Gasteiger partial charge on any atom is -0.480 e. The van der Waals surface area contributed by atoms with E-state index in [1.54, 1.807) is 4.90 Å². The third kappa shape index (κ3) is 2.82. The first kappa shape index (κ1) is 15.3. The van der Waals surface area contributed by atoms with E-state index in [4.69, 9.17) is 0 Å². The summed E-state index contributed by atoms with van der Waals surface area (Å²) in [5.41, 5.74) is 0. The lowest BCUT2D eigenvalue weighted by molar-refractivity contribution is -0.151. The van der Waals surface area contributed by atoms with Gasteiger partial charge in [-0.3, -0.25) is 9.69 Å². The molecule has 0 bridgehead atoms. The van der Waals surface area contributed by atoms with Crippen LogP contribution in [-0.4, -0.2) is 57.5 Å². The van der Waals surface area contributed by atoms with Gasteiger partial charge in [0.1, 0.15) is 6.04 Å². The molecule has 2 rings (SSSR count). The van der Waals surface area contributed by atoms with E-state index in [2.05, 4.69) is 18.7 Å². The number of carboxylic acids is 1. The lowest BCUT2D eigenvalue weighted by atomic mass is 9.95. The third-order valence-corrected chi connectivity index (χ3v) is 4.89. The maximum absolute atomic E-state index is 12.7. The molecule has 0 saturated carbocycles. The van der Waals surface area contributed by atoms with Gasteiger partial charge in [0, 0.05) is 18.6 Å². The van der Waals surface area contributed by atoms with E-state index in [0.29, 0.717) is 25.0 Å². The second-order valence-corrected chi connectivity index (χ2v) is 6.28. The van der Waals surface area contributed by atoms with Crippen molar-refractivity contribution in [2.24, 2.45) is 0 Å². The number of carboxylic acid groups (broad SMARTS) is 1. The van der Waals surface area contributed by atoms with Gasteiger partial charge in [-0.2, -0.15) is 0 Å². The van der Waals surface area contributed by atoms with Crippen molar-refractivity contribution < 1.29 is 14.7 Å². The average Bonchev–Trinajstić information content (AvgIpc) is 2.86. The lowest BCUT2D eigenvalue weighted by Crippen LogP contribution is -2.56. The number of amides is 1. The molecule has 0 aliphatic carbocycles. The number of carbonyl (C=O) groups excluding carboxylic acids is 1. The molecule has 0 radical (unpaired) electrons. The zero-order chi connectivity index (χ0) is 14.9. The van der Waals surface area contributed by atoms with Crippen LogP contribution < -0.4 is 0 Å². The summed E-state index contributed by atoms with van der Waals surface area (Å²) in [6, 6.07) is -0.0623. The molecule has 2 saturated heterocycles. The molecule has 0 aromatic rings. The van der Waals surface area contributed by atoms with E-state index in [1.165, 1.54) is 6.42 Å². The lowest BCUT2D eigenvalue weighted by Gasteiger charge is -2.43. The Hall–Kier alpha value is -1.10. The van der Waals surface area contributed by atoms with Crippen LogP contribution in [0.15, 0.2) is 0 Å². The van der Waals surface area contributed by atoms with E-state index in [0.717, 1.165) is 19.3 Å². The summed E-state index contributed by atoms with van der Waals surface area (Å²) in [7, 11) is 0. The van der Waals surface area contributed by atoms with Gasteiger partial charge in [0.2, 0.25) is 5.91 Å². The molecule has 2 aliphatic heterocycles. The van der Waals surface area contributed by atoms with Gasteiger partial charge in [-0.1, -0.05) is 6.42 Å². The van der Waals surface area contributed by atoms with Crippen LogP contribution in [0.1, 0.15) is 52.9 Å². The topological polar surface area (TPSA) is 60.9 Å². The monoisotopic (exact) mass is 282 g/mol. The van der Waals surface area contributed by atoms with Gasteiger partial charge < -0.3 is 10.0 Å². The van der Waals surface area contributed by atoms with Crippen molar-refractivity contribution in [3.05, 3.63) is 0 Å². The third-order valence-electron chi connectivity index (χ3n) is 4.89. The maximum Gasteiger partial charge on any atom is 0.326 e. The molecule has 2 fully saturated rings. The van der Waals surface area contributed by atoms with Gasteiger partial charge in [0.15, 0.2) is 0 Å². The highest BCUT2D eigenvalue weighted by Crippen LogP contribution is 2.27. The molecule has 0 aromatic heterocycles. The normalized spacial score (nSPS) is 33.1. The minimum atomic E-state index is -0.872. The second-order valence-electron chi connectivity index (χ2n) is 6.28. The molecule has 4 atom stereocenters. The van der Waals surface area contributed by atoms with Crippen molar-refractivity contribution >= 4 is 11.9 Å². The molecule has 0 aromatic carbocycles. The molecule has 114 valence electrons. The Morgan fingerprint density at radius 3 is 2.25 bits per heavy atom. The van der Waals surface area contributed by atoms with Crippen molar-refractivity contribution in [2.45, 2.75) is 77.0 Å². The van der Waals surface area contributed by atoms with Gasteiger partial charge in [-0.25, -0.2) is 4.79 Å². The SMILES string of the molecule is CC1CCCC(C)N1C(C)C(=O)N1CCCC1C(=O)O. The van der Waals surface area contributed by atoms with E-state index in [1.807, 2.05) is 6.92 Å². The number of likely N-dealkylation sites (tertiary alicyclic amines) is 2. The van der Waals surface area contributed by atoms with E-state index < -0.39 is 12.0 Å². The Labute approximate surface area is 120 Å². The van der Waals surface area contributed by atoms with Crippen molar-refractivity contribution in [3.63, 3.8) is 0 Å². The number of carbonyl (C=O) groups is 2. The van der Waals surface area contributed by atoms with Gasteiger partial charge >= 0.3 is 5.97 Å². The fourth-order valence-corrected chi connectivity index (χ4v) is 3.86. The van der Waals surface area contributed by atoms with Gasteiger partial charge in [-0.15, -0.1) is 0 Å². The fraction of sp³-hybridized carbons (Fsp3) is 0.867. The van der Waals surface area contributed by atoms with Crippen LogP contribution in [0, 0.1) is 0 Å². The summed E-state index contributed by atoms with van der Waals surface area (Å²) in [5, 5.41) is 9.22. The van der Waals surface area contributed by atoms with Crippen LogP contribution in [0.2, 0.25) is 0 Å².